The van der Waals surface area contributed by atoms with Crippen LogP contribution in [-0.4, -0.2) is 48.4 Å². The number of hydrogen-bond donors (Lipinski definition) is 2. The first-order valence-electron chi connectivity index (χ1n) is 8.49. The number of fused-ring (bicyclic) bond motifs is 1. The van der Waals surface area contributed by atoms with E-state index in [1.54, 1.807) is 4.90 Å². The average Bonchev–Trinajstić information content (AvgIpc) is 2.55. The van der Waals surface area contributed by atoms with E-state index in [2.05, 4.69) is 24.1 Å². The maximum atomic E-state index is 13.1. The van der Waals surface area contributed by atoms with E-state index < -0.39 is 0 Å². The summed E-state index contributed by atoms with van der Waals surface area (Å²) in [6.07, 6.45) is 0.877. The molecule has 2 unspecified atom stereocenters. The Morgan fingerprint density at radius 1 is 1.36 bits per heavy atom. The van der Waals surface area contributed by atoms with Gasteiger partial charge in [0.2, 0.25) is 11.8 Å². The highest BCUT2D eigenvalue weighted by molar-refractivity contribution is 6.11. The van der Waals surface area contributed by atoms with Gasteiger partial charge in [0.15, 0.2) is 0 Å². The summed E-state index contributed by atoms with van der Waals surface area (Å²) in [4.78, 5) is 28.8. The number of anilines is 2. The largest absolute Gasteiger partial charge is 0.327 e. The fourth-order valence-electron chi connectivity index (χ4n) is 3.56. The van der Waals surface area contributed by atoms with E-state index >= 15 is 0 Å². The number of nitrogens with two attached hydrogens (primary N) is 1. The van der Waals surface area contributed by atoms with Crippen LogP contribution in [0.3, 0.4) is 0 Å². The van der Waals surface area contributed by atoms with Crippen LogP contribution in [0.4, 0.5) is 11.4 Å². The van der Waals surface area contributed by atoms with Gasteiger partial charge in [0.05, 0.1) is 17.4 Å². The van der Waals surface area contributed by atoms with Gasteiger partial charge in [-0.25, -0.2) is 0 Å². The molecule has 1 aromatic carbocycles. The molecule has 25 heavy (non-hydrogen) atoms. The molecule has 7 heteroatoms. The smallest absolute Gasteiger partial charge is 0.244 e. The van der Waals surface area contributed by atoms with Crippen LogP contribution in [0.25, 0.3) is 0 Å². The molecule has 6 nitrogen and oxygen atoms in total. The number of hydrogen-bond acceptors (Lipinski definition) is 4. The third kappa shape index (κ3) is 3.81. The molecule has 1 fully saturated rings. The summed E-state index contributed by atoms with van der Waals surface area (Å²) in [7, 11) is 0. The fourth-order valence-corrected chi connectivity index (χ4v) is 3.56. The lowest BCUT2D eigenvalue weighted by Crippen LogP contribution is -2.58. The number of nitrogens with zero attached hydrogens (tertiary/aromatic N) is 2. The molecular weight excluding hydrogens is 340 g/mol. The van der Waals surface area contributed by atoms with Gasteiger partial charge in [-0.3, -0.25) is 19.4 Å². The summed E-state index contributed by atoms with van der Waals surface area (Å²) in [6, 6.07) is 7.29. The average molecular weight is 367 g/mol. The van der Waals surface area contributed by atoms with Crippen LogP contribution < -0.4 is 16.0 Å². The summed E-state index contributed by atoms with van der Waals surface area (Å²) >= 11 is 0. The van der Waals surface area contributed by atoms with Crippen LogP contribution in [0.15, 0.2) is 24.3 Å². The minimum atomic E-state index is -0.282. The number of amides is 2. The normalized spacial score (nSPS) is 23.9. The Hall–Kier alpha value is -1.63. The molecule has 2 atom stereocenters. The molecule has 2 aliphatic heterocycles. The first-order chi connectivity index (χ1) is 11.3. The number of nitrogens with one attached hydrogen (secondary N) is 1. The van der Waals surface area contributed by atoms with Crippen molar-refractivity contribution in [2.24, 2.45) is 11.1 Å². The molecule has 1 aromatic rings. The Morgan fingerprint density at radius 3 is 2.72 bits per heavy atom. The van der Waals surface area contributed by atoms with E-state index in [-0.39, 0.29) is 48.3 Å². The second-order valence-electron chi connectivity index (χ2n) is 7.52. The third-order valence-corrected chi connectivity index (χ3v) is 5.28. The lowest BCUT2D eigenvalue weighted by atomic mass is 9.79. The Kier molecular flexibility index (Phi) is 5.76. The van der Waals surface area contributed by atoms with Gasteiger partial charge in [0, 0.05) is 19.1 Å². The quantitative estimate of drug-likeness (QED) is 0.837. The lowest BCUT2D eigenvalue weighted by Gasteiger charge is -2.45. The van der Waals surface area contributed by atoms with Gasteiger partial charge in [-0.2, -0.15) is 0 Å². The maximum absolute atomic E-state index is 13.1. The second kappa shape index (κ2) is 7.32. The lowest BCUT2D eigenvalue weighted by molar-refractivity contribution is -0.126. The van der Waals surface area contributed by atoms with E-state index in [1.807, 2.05) is 31.2 Å². The van der Waals surface area contributed by atoms with Crippen molar-refractivity contribution >= 4 is 35.6 Å². The van der Waals surface area contributed by atoms with E-state index in [0.717, 1.165) is 25.2 Å². The highest BCUT2D eigenvalue weighted by Gasteiger charge is 2.39. The van der Waals surface area contributed by atoms with Crippen LogP contribution in [0.5, 0.6) is 0 Å². The van der Waals surface area contributed by atoms with Crippen molar-refractivity contribution in [3.8, 4) is 0 Å². The highest BCUT2D eigenvalue weighted by Crippen LogP contribution is 2.32. The molecule has 1 saturated heterocycles. The van der Waals surface area contributed by atoms with Crippen molar-refractivity contribution < 1.29 is 9.59 Å². The standard InChI is InChI=1S/C18H26N4O2.ClH/c1-12(21-9-8-15(19)18(2,3)11-21)17(24)22-10-16(23)20-13-6-4-5-7-14(13)22;/h4-7,12,15H,8-11,19H2,1-3H3,(H,20,23);1H. The van der Waals surface area contributed by atoms with Crippen molar-refractivity contribution in [2.75, 3.05) is 29.9 Å². The molecule has 0 radical (unpaired) electrons. The number of benzene rings is 1. The minimum absolute atomic E-state index is 0. The molecule has 0 aromatic heterocycles. The number of carbonyl (C=O) groups excluding carboxylic acids is 2. The molecule has 0 saturated carbocycles. The minimum Gasteiger partial charge on any atom is -0.327 e. The highest BCUT2D eigenvalue weighted by atomic mass is 35.5. The van der Waals surface area contributed by atoms with Crippen molar-refractivity contribution in [3.05, 3.63) is 24.3 Å². The number of carbonyl (C=O) groups is 2. The zero-order chi connectivity index (χ0) is 17.5. The maximum Gasteiger partial charge on any atom is 0.244 e. The van der Waals surface area contributed by atoms with E-state index in [4.69, 9.17) is 5.73 Å². The van der Waals surface area contributed by atoms with Gasteiger partial charge < -0.3 is 11.1 Å². The molecule has 138 valence electrons. The van der Waals surface area contributed by atoms with Gasteiger partial charge in [-0.1, -0.05) is 26.0 Å². The summed E-state index contributed by atoms with van der Waals surface area (Å²) < 4.78 is 0. The summed E-state index contributed by atoms with van der Waals surface area (Å²) in [5.41, 5.74) is 7.63. The Labute approximate surface area is 155 Å². The number of rotatable bonds is 2. The van der Waals surface area contributed by atoms with Gasteiger partial charge in [-0.15, -0.1) is 12.4 Å². The van der Waals surface area contributed by atoms with Crippen LogP contribution in [0, 0.1) is 5.41 Å². The van der Waals surface area contributed by atoms with Crippen molar-refractivity contribution in [1.29, 1.82) is 0 Å². The predicted octanol–water partition coefficient (Wildman–Crippen LogP) is 1.84. The van der Waals surface area contributed by atoms with Crippen molar-refractivity contribution in [2.45, 2.75) is 39.3 Å². The molecular formula is C18H27ClN4O2. The van der Waals surface area contributed by atoms with Gasteiger partial charge in [0.25, 0.3) is 0 Å². The number of likely N-dealkylation sites (tertiary alicyclic amines) is 1. The van der Waals surface area contributed by atoms with E-state index in [9.17, 15) is 9.59 Å². The summed E-state index contributed by atoms with van der Waals surface area (Å²) in [5, 5.41) is 2.82. The van der Waals surface area contributed by atoms with Crippen LogP contribution in [0.2, 0.25) is 0 Å². The molecule has 0 spiro atoms. The molecule has 0 bridgehead atoms. The fraction of sp³-hybridized carbons (Fsp3) is 0.556. The SMILES string of the molecule is CC(C(=O)N1CC(=O)Nc2ccccc21)N1CCC(N)C(C)(C)C1.Cl. The summed E-state index contributed by atoms with van der Waals surface area (Å²) in [6.45, 7) is 7.86. The summed E-state index contributed by atoms with van der Waals surface area (Å²) in [5.74, 6) is -0.196. The molecule has 2 aliphatic rings. The van der Waals surface area contributed by atoms with Crippen LogP contribution >= 0.6 is 12.4 Å². The van der Waals surface area contributed by atoms with Gasteiger partial charge >= 0.3 is 0 Å². The topological polar surface area (TPSA) is 78.7 Å². The monoisotopic (exact) mass is 366 g/mol. The first kappa shape index (κ1) is 19.7. The van der Waals surface area contributed by atoms with Crippen LogP contribution in [0.1, 0.15) is 27.2 Å². The first-order valence-corrected chi connectivity index (χ1v) is 8.49. The number of halogens is 1. The zero-order valence-electron chi connectivity index (χ0n) is 15.0. The Bertz CT molecular complexity index is 664. The van der Waals surface area contributed by atoms with Crippen molar-refractivity contribution in [1.82, 2.24) is 4.90 Å². The molecule has 2 amide bonds. The predicted molar refractivity (Wildman–Crippen MR) is 102 cm³/mol. The Morgan fingerprint density at radius 2 is 2.04 bits per heavy atom. The zero-order valence-corrected chi connectivity index (χ0v) is 15.8. The number of piperidine rings is 1. The van der Waals surface area contributed by atoms with Gasteiger partial charge in [0.1, 0.15) is 6.54 Å². The van der Waals surface area contributed by atoms with Crippen LogP contribution in [-0.2, 0) is 9.59 Å². The Balaban J connectivity index is 0.00000225. The number of para-hydroxylation sites is 2. The molecule has 2 heterocycles. The van der Waals surface area contributed by atoms with E-state index in [0.29, 0.717) is 5.69 Å². The molecule has 0 aliphatic carbocycles. The second-order valence-corrected chi connectivity index (χ2v) is 7.52. The van der Waals surface area contributed by atoms with E-state index in [1.165, 1.54) is 0 Å². The third-order valence-electron chi connectivity index (χ3n) is 5.28. The molecule has 3 N–H and O–H groups in total. The van der Waals surface area contributed by atoms with Crippen molar-refractivity contribution in [3.63, 3.8) is 0 Å². The molecule has 3 rings (SSSR count). The van der Waals surface area contributed by atoms with Gasteiger partial charge in [-0.05, 0) is 30.9 Å².